The van der Waals surface area contributed by atoms with Crippen molar-refractivity contribution in [3.05, 3.63) is 54.0 Å². The lowest BCUT2D eigenvalue weighted by Crippen LogP contribution is -2.30. The summed E-state index contributed by atoms with van der Waals surface area (Å²) in [4.78, 5) is 24.1. The quantitative estimate of drug-likeness (QED) is 0.457. The molecule has 0 fully saturated rings. The summed E-state index contributed by atoms with van der Waals surface area (Å²) in [6.07, 6.45) is 6.94. The molecule has 32 heavy (non-hydrogen) atoms. The number of fused-ring (bicyclic) bond motifs is 2. The molecule has 3 heterocycles. The van der Waals surface area contributed by atoms with Crippen molar-refractivity contribution in [2.24, 2.45) is 0 Å². The van der Waals surface area contributed by atoms with Crippen LogP contribution in [-0.4, -0.2) is 45.0 Å². The summed E-state index contributed by atoms with van der Waals surface area (Å²) in [5.74, 6) is 2.44. The van der Waals surface area contributed by atoms with Crippen LogP contribution in [0.1, 0.15) is 43.1 Å². The third-order valence-corrected chi connectivity index (χ3v) is 6.03. The molecule has 4 rings (SSSR count). The molecule has 2 aromatic heterocycles. The maximum atomic E-state index is 12.6. The van der Waals surface area contributed by atoms with Gasteiger partial charge in [-0.25, -0.2) is 0 Å². The standard InChI is InChI=1S/C23H27N5O3S/c1-32-14-11-19(23-27-26-20-5-2-3-12-28(20)23)25-21(29)6-4-13-31-17-8-9-18-16(15-17)7-10-22(30)24-18/h2-3,5,8-9,12,15,19H,4,6-7,10-11,13-14H2,1H3,(H,24,30)(H,25,29). The summed E-state index contributed by atoms with van der Waals surface area (Å²) in [5, 5.41) is 14.5. The van der Waals surface area contributed by atoms with Gasteiger partial charge in [0.2, 0.25) is 11.8 Å². The lowest BCUT2D eigenvalue weighted by molar-refractivity contribution is -0.122. The molecule has 0 saturated heterocycles. The minimum absolute atomic E-state index is 0.0273. The first-order chi connectivity index (χ1) is 15.6. The summed E-state index contributed by atoms with van der Waals surface area (Å²) in [6, 6.07) is 11.2. The van der Waals surface area contributed by atoms with Gasteiger partial charge in [0.25, 0.3) is 0 Å². The van der Waals surface area contributed by atoms with E-state index in [-0.39, 0.29) is 17.9 Å². The fourth-order valence-corrected chi connectivity index (χ4v) is 4.21. The fraction of sp³-hybridized carbons (Fsp3) is 0.391. The second-order valence-electron chi connectivity index (χ2n) is 7.71. The molecule has 0 saturated carbocycles. The molecule has 2 amide bonds. The average molecular weight is 454 g/mol. The lowest BCUT2D eigenvalue weighted by atomic mass is 10.0. The summed E-state index contributed by atoms with van der Waals surface area (Å²) < 4.78 is 7.75. The van der Waals surface area contributed by atoms with Gasteiger partial charge in [-0.15, -0.1) is 10.2 Å². The Bertz CT molecular complexity index is 1100. The van der Waals surface area contributed by atoms with Crippen molar-refractivity contribution in [2.75, 3.05) is 23.9 Å². The van der Waals surface area contributed by atoms with Gasteiger partial charge in [0.15, 0.2) is 11.5 Å². The molecule has 0 spiro atoms. The Kier molecular flexibility index (Phi) is 7.26. The SMILES string of the molecule is CSCCC(NC(=O)CCCOc1ccc2c(c1)CCC(=O)N2)c1nnc2ccccn12. The highest BCUT2D eigenvalue weighted by atomic mass is 32.2. The van der Waals surface area contributed by atoms with Crippen LogP contribution in [0, 0.1) is 0 Å². The van der Waals surface area contributed by atoms with Crippen molar-refractivity contribution in [1.82, 2.24) is 19.9 Å². The maximum absolute atomic E-state index is 12.6. The van der Waals surface area contributed by atoms with E-state index in [4.69, 9.17) is 4.74 Å². The number of carbonyl (C=O) groups excluding carboxylic acids is 2. The zero-order valence-corrected chi connectivity index (χ0v) is 18.9. The number of aromatic nitrogens is 3. The highest BCUT2D eigenvalue weighted by Crippen LogP contribution is 2.27. The van der Waals surface area contributed by atoms with E-state index < -0.39 is 0 Å². The molecule has 0 radical (unpaired) electrons. The Morgan fingerprint density at radius 3 is 3.06 bits per heavy atom. The predicted octanol–water partition coefficient (Wildman–Crippen LogP) is 3.38. The third kappa shape index (κ3) is 5.40. The van der Waals surface area contributed by atoms with Gasteiger partial charge in [-0.2, -0.15) is 11.8 Å². The van der Waals surface area contributed by atoms with E-state index in [0.29, 0.717) is 25.9 Å². The number of thioether (sulfide) groups is 1. The van der Waals surface area contributed by atoms with E-state index >= 15 is 0 Å². The number of anilines is 1. The lowest BCUT2D eigenvalue weighted by Gasteiger charge is -2.18. The number of rotatable bonds is 10. The van der Waals surface area contributed by atoms with Gasteiger partial charge < -0.3 is 15.4 Å². The summed E-state index contributed by atoms with van der Waals surface area (Å²) in [6.45, 7) is 0.446. The minimum atomic E-state index is -0.191. The Morgan fingerprint density at radius 1 is 1.28 bits per heavy atom. The first-order valence-electron chi connectivity index (χ1n) is 10.8. The number of aryl methyl sites for hydroxylation is 1. The molecule has 1 aromatic carbocycles. The van der Waals surface area contributed by atoms with Gasteiger partial charge in [0, 0.05) is 24.7 Å². The van der Waals surface area contributed by atoms with Gasteiger partial charge in [-0.05, 0) is 67.2 Å². The molecule has 1 unspecified atom stereocenters. The smallest absolute Gasteiger partial charge is 0.224 e. The molecule has 1 atom stereocenters. The second-order valence-corrected chi connectivity index (χ2v) is 8.69. The van der Waals surface area contributed by atoms with Crippen LogP contribution in [0.4, 0.5) is 5.69 Å². The molecule has 1 aliphatic heterocycles. The van der Waals surface area contributed by atoms with E-state index in [1.807, 2.05) is 53.3 Å². The largest absolute Gasteiger partial charge is 0.494 e. The van der Waals surface area contributed by atoms with E-state index in [1.165, 1.54) is 0 Å². The van der Waals surface area contributed by atoms with Crippen LogP contribution < -0.4 is 15.4 Å². The van der Waals surface area contributed by atoms with Crippen molar-refractivity contribution >= 4 is 34.9 Å². The summed E-state index contributed by atoms with van der Waals surface area (Å²) in [7, 11) is 0. The molecule has 3 aromatic rings. The Balaban J connectivity index is 1.29. The van der Waals surface area contributed by atoms with Crippen molar-refractivity contribution < 1.29 is 14.3 Å². The summed E-state index contributed by atoms with van der Waals surface area (Å²) in [5.41, 5.74) is 2.70. The first-order valence-corrected chi connectivity index (χ1v) is 12.2. The van der Waals surface area contributed by atoms with Crippen LogP contribution in [0.5, 0.6) is 5.75 Å². The average Bonchev–Trinajstić information content (AvgIpc) is 3.23. The van der Waals surface area contributed by atoms with Crippen molar-refractivity contribution in [3.8, 4) is 5.75 Å². The normalized spacial score (nSPS) is 14.0. The predicted molar refractivity (Wildman–Crippen MR) is 125 cm³/mol. The highest BCUT2D eigenvalue weighted by Gasteiger charge is 2.20. The van der Waals surface area contributed by atoms with Gasteiger partial charge in [-0.3, -0.25) is 14.0 Å². The van der Waals surface area contributed by atoms with E-state index in [2.05, 4.69) is 20.8 Å². The number of nitrogens with one attached hydrogen (secondary N) is 2. The molecule has 2 N–H and O–H groups in total. The first kappa shape index (κ1) is 22.1. The van der Waals surface area contributed by atoms with Gasteiger partial charge >= 0.3 is 0 Å². The van der Waals surface area contributed by atoms with Crippen LogP contribution in [0.2, 0.25) is 0 Å². The van der Waals surface area contributed by atoms with Crippen LogP contribution >= 0.6 is 11.8 Å². The zero-order valence-electron chi connectivity index (χ0n) is 18.0. The van der Waals surface area contributed by atoms with Crippen molar-refractivity contribution in [3.63, 3.8) is 0 Å². The van der Waals surface area contributed by atoms with Crippen LogP contribution in [0.3, 0.4) is 0 Å². The summed E-state index contributed by atoms with van der Waals surface area (Å²) >= 11 is 1.74. The Morgan fingerprint density at radius 2 is 2.19 bits per heavy atom. The number of amides is 2. The number of hydrogen-bond donors (Lipinski definition) is 2. The van der Waals surface area contributed by atoms with Gasteiger partial charge in [0.05, 0.1) is 12.6 Å². The van der Waals surface area contributed by atoms with Gasteiger partial charge in [0.1, 0.15) is 5.75 Å². The number of pyridine rings is 1. The fourth-order valence-electron chi connectivity index (χ4n) is 3.74. The van der Waals surface area contributed by atoms with Crippen LogP contribution in [-0.2, 0) is 16.0 Å². The highest BCUT2D eigenvalue weighted by molar-refractivity contribution is 7.98. The zero-order chi connectivity index (χ0) is 22.3. The van der Waals surface area contributed by atoms with E-state index in [1.54, 1.807) is 11.8 Å². The maximum Gasteiger partial charge on any atom is 0.224 e. The molecular weight excluding hydrogens is 426 g/mol. The monoisotopic (exact) mass is 453 g/mol. The molecule has 8 nitrogen and oxygen atoms in total. The third-order valence-electron chi connectivity index (χ3n) is 5.39. The van der Waals surface area contributed by atoms with Crippen LogP contribution in [0.25, 0.3) is 5.65 Å². The Hall–Kier alpha value is -3.07. The Labute approximate surface area is 191 Å². The molecule has 0 bridgehead atoms. The van der Waals surface area contributed by atoms with Crippen molar-refractivity contribution in [1.29, 1.82) is 0 Å². The molecule has 0 aliphatic carbocycles. The number of ether oxygens (including phenoxy) is 1. The second kappa shape index (κ2) is 10.5. The number of nitrogens with zero attached hydrogens (tertiary/aromatic N) is 3. The number of carbonyl (C=O) groups is 2. The molecule has 1 aliphatic rings. The van der Waals surface area contributed by atoms with E-state index in [9.17, 15) is 9.59 Å². The number of hydrogen-bond acceptors (Lipinski definition) is 6. The van der Waals surface area contributed by atoms with Gasteiger partial charge in [-0.1, -0.05) is 6.07 Å². The molecule has 168 valence electrons. The molecule has 9 heteroatoms. The topological polar surface area (TPSA) is 97.6 Å². The van der Waals surface area contributed by atoms with E-state index in [0.717, 1.165) is 47.1 Å². The minimum Gasteiger partial charge on any atom is -0.494 e. The van der Waals surface area contributed by atoms with Crippen LogP contribution in [0.15, 0.2) is 42.6 Å². The van der Waals surface area contributed by atoms with Crippen molar-refractivity contribution in [2.45, 2.75) is 38.1 Å². The molecular formula is C23H27N5O3S. The number of benzene rings is 1.